The summed E-state index contributed by atoms with van der Waals surface area (Å²) in [5, 5.41) is 6.95. The lowest BCUT2D eigenvalue weighted by Crippen LogP contribution is -2.31. The molecule has 26 heavy (non-hydrogen) atoms. The molecule has 0 atom stereocenters. The Morgan fingerprint density at radius 3 is 2.96 bits per heavy atom. The molecule has 0 aliphatic carbocycles. The highest BCUT2D eigenvalue weighted by atomic mass is 16.2. The van der Waals surface area contributed by atoms with Gasteiger partial charge in [-0.1, -0.05) is 24.3 Å². The summed E-state index contributed by atoms with van der Waals surface area (Å²) < 4.78 is 0. The predicted octanol–water partition coefficient (Wildman–Crippen LogP) is 3.42. The molecule has 0 spiro atoms. The molecule has 0 radical (unpaired) electrons. The van der Waals surface area contributed by atoms with Gasteiger partial charge >= 0.3 is 0 Å². The summed E-state index contributed by atoms with van der Waals surface area (Å²) in [4.78, 5) is 27.4. The Morgan fingerprint density at radius 1 is 1.15 bits per heavy atom. The third-order valence-corrected chi connectivity index (χ3v) is 4.84. The van der Waals surface area contributed by atoms with E-state index in [1.54, 1.807) is 6.07 Å². The number of fused-ring (bicyclic) bond motifs is 2. The van der Waals surface area contributed by atoms with Gasteiger partial charge in [0.25, 0.3) is 5.91 Å². The van der Waals surface area contributed by atoms with Crippen molar-refractivity contribution in [3.63, 3.8) is 0 Å². The van der Waals surface area contributed by atoms with E-state index < -0.39 is 0 Å². The Morgan fingerprint density at radius 2 is 2.04 bits per heavy atom. The molecule has 4 rings (SSSR count). The summed E-state index contributed by atoms with van der Waals surface area (Å²) >= 11 is 0. The first-order chi connectivity index (χ1) is 12.7. The number of hydrogen-bond donors (Lipinski definition) is 3. The summed E-state index contributed by atoms with van der Waals surface area (Å²) in [6.07, 6.45) is 4.93. The Bertz CT molecular complexity index is 974. The number of aromatic nitrogens is 1. The molecule has 0 saturated heterocycles. The minimum Gasteiger partial charge on any atom is -0.361 e. The largest absolute Gasteiger partial charge is 0.361 e. The van der Waals surface area contributed by atoms with Crippen molar-refractivity contribution in [3.8, 4) is 0 Å². The number of benzene rings is 2. The van der Waals surface area contributed by atoms with Crippen molar-refractivity contribution in [1.82, 2.24) is 10.3 Å². The maximum Gasteiger partial charge on any atom is 0.251 e. The van der Waals surface area contributed by atoms with Crippen LogP contribution in [0.1, 0.15) is 34.3 Å². The molecule has 0 saturated carbocycles. The average molecular weight is 347 g/mol. The van der Waals surface area contributed by atoms with Crippen LogP contribution >= 0.6 is 0 Å². The maximum atomic E-state index is 12.2. The van der Waals surface area contributed by atoms with E-state index in [0.29, 0.717) is 24.2 Å². The van der Waals surface area contributed by atoms with Gasteiger partial charge in [-0.05, 0) is 48.6 Å². The molecule has 0 bridgehead atoms. The normalized spacial score (nSPS) is 13.3. The van der Waals surface area contributed by atoms with Crippen LogP contribution in [0.25, 0.3) is 10.9 Å². The van der Waals surface area contributed by atoms with Crippen LogP contribution in [-0.4, -0.2) is 23.3 Å². The summed E-state index contributed by atoms with van der Waals surface area (Å²) in [6.45, 7) is 0.672. The van der Waals surface area contributed by atoms with Crippen molar-refractivity contribution >= 4 is 28.4 Å². The van der Waals surface area contributed by atoms with Crippen molar-refractivity contribution in [2.45, 2.75) is 25.7 Å². The van der Waals surface area contributed by atoms with Gasteiger partial charge in [-0.2, -0.15) is 0 Å². The Kier molecular flexibility index (Phi) is 4.44. The second-order valence-electron chi connectivity index (χ2n) is 6.64. The third kappa shape index (κ3) is 3.33. The van der Waals surface area contributed by atoms with Crippen LogP contribution in [0, 0.1) is 0 Å². The molecule has 1 aliphatic rings. The average Bonchev–Trinajstić information content (AvgIpc) is 3.06. The van der Waals surface area contributed by atoms with Crippen molar-refractivity contribution < 1.29 is 9.59 Å². The molecule has 0 unspecified atom stereocenters. The number of carbonyl (C=O) groups excluding carboxylic acids is 2. The number of anilines is 1. The lowest BCUT2D eigenvalue weighted by atomic mass is 10.00. The summed E-state index contributed by atoms with van der Waals surface area (Å²) in [7, 11) is 0. The van der Waals surface area contributed by atoms with E-state index >= 15 is 0 Å². The maximum absolute atomic E-state index is 12.2. The third-order valence-electron chi connectivity index (χ3n) is 4.84. The van der Waals surface area contributed by atoms with Gasteiger partial charge in [0.1, 0.15) is 0 Å². The fraction of sp³-hybridized carbons (Fsp3) is 0.238. The number of rotatable bonds is 5. The Balaban J connectivity index is 1.34. The number of aryl methyl sites for hydroxylation is 1. The van der Waals surface area contributed by atoms with Gasteiger partial charge in [0.15, 0.2) is 0 Å². The first kappa shape index (κ1) is 16.4. The number of nitrogens with one attached hydrogen (secondary N) is 3. The molecule has 2 heterocycles. The minimum absolute atomic E-state index is 0.0268. The first-order valence-corrected chi connectivity index (χ1v) is 8.97. The molecule has 2 amide bonds. The minimum atomic E-state index is -0.0679. The van der Waals surface area contributed by atoms with Crippen LogP contribution in [0.15, 0.2) is 48.7 Å². The van der Waals surface area contributed by atoms with E-state index in [4.69, 9.17) is 0 Å². The second-order valence-corrected chi connectivity index (χ2v) is 6.64. The van der Waals surface area contributed by atoms with Crippen LogP contribution in [0.4, 0.5) is 5.69 Å². The van der Waals surface area contributed by atoms with Crippen molar-refractivity contribution in [3.05, 3.63) is 65.4 Å². The number of carbonyl (C=O) groups is 2. The summed E-state index contributed by atoms with van der Waals surface area (Å²) in [5.41, 5.74) is 4.73. The first-order valence-electron chi connectivity index (χ1n) is 8.97. The molecule has 1 aromatic heterocycles. The summed E-state index contributed by atoms with van der Waals surface area (Å²) in [6, 6.07) is 13.7. The van der Waals surface area contributed by atoms with E-state index in [-0.39, 0.29) is 11.8 Å². The molecular weight excluding hydrogens is 326 g/mol. The number of para-hydroxylation sites is 1. The van der Waals surface area contributed by atoms with Crippen molar-refractivity contribution in [2.75, 3.05) is 11.9 Å². The van der Waals surface area contributed by atoms with Gasteiger partial charge in [-0.15, -0.1) is 0 Å². The van der Waals surface area contributed by atoms with Gasteiger partial charge in [0, 0.05) is 41.3 Å². The molecule has 3 aromatic rings. The highest BCUT2D eigenvalue weighted by Crippen LogP contribution is 2.21. The van der Waals surface area contributed by atoms with Crippen LogP contribution in [0.5, 0.6) is 0 Å². The lowest BCUT2D eigenvalue weighted by Gasteiger charge is -2.17. The van der Waals surface area contributed by atoms with E-state index in [9.17, 15) is 9.59 Å². The Labute approximate surface area is 151 Å². The van der Waals surface area contributed by atoms with Crippen LogP contribution in [0.2, 0.25) is 0 Å². The van der Waals surface area contributed by atoms with Crippen LogP contribution < -0.4 is 10.6 Å². The van der Waals surface area contributed by atoms with Crippen LogP contribution in [0.3, 0.4) is 0 Å². The molecule has 2 aromatic carbocycles. The molecule has 1 aliphatic heterocycles. The SMILES string of the molecule is O=C(CCCc1c[nH]c2ccccc12)Nc1ccc2c(c1)C(=O)NCC2. The van der Waals surface area contributed by atoms with Gasteiger partial charge in [0.2, 0.25) is 5.91 Å². The highest BCUT2D eigenvalue weighted by molar-refractivity contribution is 5.99. The van der Waals surface area contributed by atoms with E-state index in [1.165, 1.54) is 10.9 Å². The van der Waals surface area contributed by atoms with E-state index in [0.717, 1.165) is 30.3 Å². The van der Waals surface area contributed by atoms with E-state index in [2.05, 4.69) is 27.8 Å². The summed E-state index contributed by atoms with van der Waals surface area (Å²) in [5.74, 6) is -0.0947. The monoisotopic (exact) mass is 347 g/mol. The number of hydrogen-bond acceptors (Lipinski definition) is 2. The molecular formula is C21H21N3O2. The molecule has 3 N–H and O–H groups in total. The number of aromatic amines is 1. The van der Waals surface area contributed by atoms with Gasteiger partial charge < -0.3 is 15.6 Å². The Hall–Kier alpha value is -3.08. The zero-order chi connectivity index (χ0) is 17.9. The molecule has 5 nitrogen and oxygen atoms in total. The fourth-order valence-electron chi connectivity index (χ4n) is 3.49. The van der Waals surface area contributed by atoms with E-state index in [1.807, 2.05) is 30.5 Å². The van der Waals surface area contributed by atoms with Gasteiger partial charge in [-0.25, -0.2) is 0 Å². The predicted molar refractivity (Wildman–Crippen MR) is 102 cm³/mol. The van der Waals surface area contributed by atoms with Crippen molar-refractivity contribution in [2.24, 2.45) is 0 Å². The molecule has 5 heteroatoms. The lowest BCUT2D eigenvalue weighted by molar-refractivity contribution is -0.116. The smallest absolute Gasteiger partial charge is 0.251 e. The number of H-pyrrole nitrogens is 1. The number of amides is 2. The van der Waals surface area contributed by atoms with Crippen LogP contribution in [-0.2, 0) is 17.6 Å². The fourth-order valence-corrected chi connectivity index (χ4v) is 3.49. The zero-order valence-corrected chi connectivity index (χ0v) is 14.5. The zero-order valence-electron chi connectivity index (χ0n) is 14.5. The molecule has 132 valence electrons. The topological polar surface area (TPSA) is 74.0 Å². The second kappa shape index (κ2) is 7.04. The standard InChI is InChI=1S/C21H21N3O2/c25-20(7-3-4-15-13-23-19-6-2-1-5-17(15)19)24-16-9-8-14-10-11-22-21(26)18(14)12-16/h1-2,5-6,8-9,12-13,23H,3-4,7,10-11H2,(H,22,26)(H,24,25). The molecule has 0 fully saturated rings. The van der Waals surface area contributed by atoms with Gasteiger partial charge in [0.05, 0.1) is 0 Å². The van der Waals surface area contributed by atoms with Crippen molar-refractivity contribution in [1.29, 1.82) is 0 Å². The highest BCUT2D eigenvalue weighted by Gasteiger charge is 2.17. The van der Waals surface area contributed by atoms with Gasteiger partial charge in [-0.3, -0.25) is 9.59 Å². The quantitative estimate of drug-likeness (QED) is 0.662.